The number of hydrogen-bond donors (Lipinski definition) is 0. The molecule has 0 aliphatic carbocycles. The van der Waals surface area contributed by atoms with Gasteiger partial charge in [0.05, 0.1) is 27.4 Å². The standard InChI is InChI=1S/C22H21OP.C21H30O5Si.C17H24O5Si/c1-2-19(18-23)24(20-12-6-3-7-13-20,21-14-8-4-9-15-21)22-16-10-5-11-17-22;1-7-15(12-22)8-9-16-19(24-3)14(2)17-13-26-21(23)18(17)20(16)25-10-11-27(4,5)6;1-11-13-10-22-17(19)14(13)16(21-8-9-23(3,4)5)12(6-7-18)15(11)20-2/h3-18H,2H2,1H3;8,12H,7,9-11,13H2,1-6H3;7H,6,8-10H2,1-5H3/b;15-8+;. The molecule has 0 bridgehead atoms. The Kier molecular flexibility index (Phi) is 21.2. The summed E-state index contributed by atoms with van der Waals surface area (Å²) in [7, 11) is 0.632. The normalized spacial score (nSPS) is 12.9. The van der Waals surface area contributed by atoms with Gasteiger partial charge in [-0.15, -0.1) is 0 Å². The topological polar surface area (TPSA) is 141 Å². The second kappa shape index (κ2) is 26.8. The van der Waals surface area contributed by atoms with E-state index in [1.807, 2.05) is 45.0 Å². The number of cyclic esters (lactones) is 2. The minimum Gasteiger partial charge on any atom is -0.496 e. The molecule has 0 unspecified atom stereocenters. The lowest BCUT2D eigenvalue weighted by molar-refractivity contribution is -0.107. The predicted molar refractivity (Wildman–Crippen MR) is 305 cm³/mol. The molecule has 0 N–H and O–H groups in total. The molecule has 0 radical (unpaired) electrons. The van der Waals surface area contributed by atoms with Crippen LogP contribution in [0.1, 0.15) is 80.8 Å². The number of methoxy groups -OCH3 is 2. The third-order valence-corrected chi connectivity index (χ3v) is 21.1. The van der Waals surface area contributed by atoms with Crippen molar-refractivity contribution in [2.45, 2.75) is 118 Å². The van der Waals surface area contributed by atoms with Crippen molar-refractivity contribution in [1.82, 2.24) is 0 Å². The fourth-order valence-corrected chi connectivity index (χ4v) is 15.0. The smallest absolute Gasteiger partial charge is 0.342 e. The van der Waals surface area contributed by atoms with Crippen LogP contribution in [0.4, 0.5) is 0 Å². The summed E-state index contributed by atoms with van der Waals surface area (Å²) in [5.41, 5.74) is 6.47. The van der Waals surface area contributed by atoms with Crippen molar-refractivity contribution in [2.24, 2.45) is 0 Å². The number of hydrogen-bond acceptors (Lipinski definition) is 11. The number of benzene rings is 5. The first-order valence-corrected chi connectivity index (χ1v) is 34.6. The van der Waals surface area contributed by atoms with Gasteiger partial charge in [0, 0.05) is 50.1 Å². The van der Waals surface area contributed by atoms with Gasteiger partial charge >= 0.3 is 11.9 Å². The molecule has 394 valence electrons. The highest BCUT2D eigenvalue weighted by Gasteiger charge is 2.35. The van der Waals surface area contributed by atoms with E-state index in [-0.39, 0.29) is 31.6 Å². The Morgan fingerprint density at radius 1 is 0.568 bits per heavy atom. The van der Waals surface area contributed by atoms with Crippen LogP contribution in [0, 0.1) is 13.8 Å². The summed E-state index contributed by atoms with van der Waals surface area (Å²) in [6, 6.07) is 33.4. The molecule has 0 fully saturated rings. The van der Waals surface area contributed by atoms with Crippen molar-refractivity contribution in [2.75, 3.05) is 27.4 Å². The van der Waals surface area contributed by atoms with Crippen molar-refractivity contribution in [3.8, 4) is 23.0 Å². The van der Waals surface area contributed by atoms with E-state index in [1.165, 1.54) is 15.9 Å². The lowest BCUT2D eigenvalue weighted by Gasteiger charge is -2.31. The van der Waals surface area contributed by atoms with Crippen LogP contribution < -0.4 is 34.9 Å². The van der Waals surface area contributed by atoms with Crippen LogP contribution in [0.3, 0.4) is 0 Å². The number of carbonyl (C=O) groups excluding carboxylic acids is 5. The quantitative estimate of drug-likeness (QED) is 0.0228. The van der Waals surface area contributed by atoms with Gasteiger partial charge in [-0.2, -0.15) is 0 Å². The summed E-state index contributed by atoms with van der Waals surface area (Å²) in [6.45, 7) is 20.9. The number of rotatable bonds is 21. The Balaban J connectivity index is 0.000000206. The highest BCUT2D eigenvalue weighted by atomic mass is 31.2. The van der Waals surface area contributed by atoms with Crippen LogP contribution in [-0.2, 0) is 49.9 Å². The monoisotopic (exact) mass is 1060 g/mol. The van der Waals surface area contributed by atoms with Crippen molar-refractivity contribution in [3.63, 3.8) is 0 Å². The molecule has 2 aliphatic rings. The number of carbonyl (C=O) groups is 5. The lowest BCUT2D eigenvalue weighted by atomic mass is 9.94. The molecule has 0 aromatic heterocycles. The Hall–Kier alpha value is -6.28. The highest BCUT2D eigenvalue weighted by molar-refractivity contribution is 7.96. The van der Waals surface area contributed by atoms with Gasteiger partial charge < -0.3 is 33.2 Å². The Labute approximate surface area is 441 Å². The van der Waals surface area contributed by atoms with Crippen LogP contribution in [0.5, 0.6) is 23.0 Å². The van der Waals surface area contributed by atoms with Gasteiger partial charge in [0.15, 0.2) is 0 Å². The van der Waals surface area contributed by atoms with E-state index in [4.69, 9.17) is 28.4 Å². The van der Waals surface area contributed by atoms with E-state index in [9.17, 15) is 24.0 Å². The Morgan fingerprint density at radius 3 is 1.27 bits per heavy atom. The fourth-order valence-electron chi connectivity index (χ4n) is 9.15. The van der Waals surface area contributed by atoms with Crippen LogP contribution >= 0.6 is 6.89 Å². The maximum Gasteiger partial charge on any atom is 0.342 e. The summed E-state index contributed by atoms with van der Waals surface area (Å²) in [6.07, 6.45) is 6.65. The third kappa shape index (κ3) is 13.7. The minimum absolute atomic E-state index is 0.146. The Morgan fingerprint density at radius 2 is 0.959 bits per heavy atom. The van der Waals surface area contributed by atoms with E-state index < -0.39 is 23.0 Å². The van der Waals surface area contributed by atoms with E-state index >= 15 is 0 Å². The molecule has 2 heterocycles. The maximum absolute atomic E-state index is 12.4. The van der Waals surface area contributed by atoms with Crippen LogP contribution in [0.2, 0.25) is 51.4 Å². The molecule has 11 nitrogen and oxygen atoms in total. The molecular formula is C60H75O11PSi2. The van der Waals surface area contributed by atoms with E-state index in [0.717, 1.165) is 70.5 Å². The van der Waals surface area contributed by atoms with Crippen LogP contribution in [-0.4, -0.2) is 79.7 Å². The zero-order chi connectivity index (χ0) is 54.2. The van der Waals surface area contributed by atoms with Gasteiger partial charge in [0.25, 0.3) is 0 Å². The molecule has 0 saturated heterocycles. The number of fused-ring (bicyclic) bond motifs is 2. The first kappa shape index (κ1) is 58.6. The van der Waals surface area contributed by atoms with Gasteiger partial charge in [0.2, 0.25) is 0 Å². The average molecular weight is 1060 g/mol. The van der Waals surface area contributed by atoms with Gasteiger partial charge in [-0.05, 0) is 84.7 Å². The number of esters is 2. The lowest BCUT2D eigenvalue weighted by Crippen LogP contribution is -2.30. The molecule has 74 heavy (non-hydrogen) atoms. The van der Waals surface area contributed by atoms with Gasteiger partial charge in [-0.3, -0.25) is 9.59 Å². The van der Waals surface area contributed by atoms with E-state index in [1.54, 1.807) is 14.2 Å². The summed E-state index contributed by atoms with van der Waals surface area (Å²) in [5, 5.41) is 4.66. The fraction of sp³-hybridized carbons (Fsp3) is 0.367. The largest absolute Gasteiger partial charge is 0.496 e. The van der Waals surface area contributed by atoms with Gasteiger partial charge in [-0.1, -0.05) is 150 Å². The average Bonchev–Trinajstić information content (AvgIpc) is 3.98. The molecule has 14 heteroatoms. The first-order valence-electron chi connectivity index (χ1n) is 25.4. The predicted octanol–water partition coefficient (Wildman–Crippen LogP) is 11.4. The number of allylic oxidation sites excluding steroid dienone is 2. The van der Waals surface area contributed by atoms with E-state index in [0.29, 0.717) is 71.3 Å². The van der Waals surface area contributed by atoms with Crippen molar-refractivity contribution >= 4 is 75.0 Å². The zero-order valence-electron chi connectivity index (χ0n) is 45.5. The molecule has 0 spiro atoms. The molecule has 7 rings (SSSR count). The second-order valence-corrected chi connectivity index (χ2v) is 35.3. The number of ether oxygens (including phenoxy) is 6. The molecule has 0 saturated carbocycles. The minimum atomic E-state index is -2.11. The maximum atomic E-state index is 12.4. The number of aldehydes is 3. The van der Waals surface area contributed by atoms with E-state index in [2.05, 4.69) is 119 Å². The molecule has 5 aromatic carbocycles. The van der Waals surface area contributed by atoms with Crippen molar-refractivity contribution in [3.05, 3.63) is 147 Å². The molecule has 0 atom stereocenters. The molecule has 2 aliphatic heterocycles. The van der Waals surface area contributed by atoms with Gasteiger partial charge in [0.1, 0.15) is 66.2 Å². The molecule has 5 aromatic rings. The first-order chi connectivity index (χ1) is 35.4. The van der Waals surface area contributed by atoms with Gasteiger partial charge in [-0.25, -0.2) is 9.59 Å². The van der Waals surface area contributed by atoms with Crippen molar-refractivity contribution in [1.29, 1.82) is 0 Å². The summed E-state index contributed by atoms with van der Waals surface area (Å²) in [5.74, 6) is 1.57. The van der Waals surface area contributed by atoms with Crippen LogP contribution in [0.25, 0.3) is 0 Å². The summed E-state index contributed by atoms with van der Waals surface area (Å²) < 4.78 is 33.7. The third-order valence-electron chi connectivity index (χ3n) is 13.2. The Bertz CT molecular complexity index is 2760. The zero-order valence-corrected chi connectivity index (χ0v) is 48.4. The summed E-state index contributed by atoms with van der Waals surface area (Å²) >= 11 is 0. The van der Waals surface area contributed by atoms with Crippen LogP contribution in [0.15, 0.2) is 103 Å². The SMILES string of the molecule is CC/C(C=O)=C\Cc1c(OC)c(C)c2c(c1OCC[Si](C)(C)C)C(=O)OC2.CCC(C=O)=P(c1ccccc1)(c1ccccc1)c1ccccc1.COc1c(C)c2c(c(OCC[Si](C)(C)C)c1CC=O)C(=O)OC2. The highest BCUT2D eigenvalue weighted by Crippen LogP contribution is 2.47. The van der Waals surface area contributed by atoms with Crippen molar-refractivity contribution < 1.29 is 52.4 Å². The second-order valence-electron chi connectivity index (χ2n) is 20.6. The molecular weight excluding hydrogens is 984 g/mol. The summed E-state index contributed by atoms with van der Waals surface area (Å²) in [4.78, 5) is 58.9. The molecule has 0 amide bonds.